The second-order valence-corrected chi connectivity index (χ2v) is 6.35. The summed E-state index contributed by atoms with van der Waals surface area (Å²) in [6.45, 7) is 4.12. The molecule has 0 amide bonds. The van der Waals surface area contributed by atoms with E-state index in [9.17, 15) is 4.79 Å². The average Bonchev–Trinajstić information content (AvgIpc) is 2.61. The Kier molecular flexibility index (Phi) is 8.03. The fourth-order valence-corrected chi connectivity index (χ4v) is 2.78. The van der Waals surface area contributed by atoms with Gasteiger partial charge in [-0.15, -0.1) is 0 Å². The van der Waals surface area contributed by atoms with Gasteiger partial charge in [-0.25, -0.2) is 4.79 Å². The fourth-order valence-electron chi connectivity index (χ4n) is 2.78. The lowest BCUT2D eigenvalue weighted by Gasteiger charge is -2.11. The van der Waals surface area contributed by atoms with Crippen LogP contribution in [0.5, 0.6) is 11.5 Å². The predicted octanol–water partition coefficient (Wildman–Crippen LogP) is 6.48. The Bertz CT molecular complexity index is 664. The van der Waals surface area contributed by atoms with E-state index >= 15 is 0 Å². The number of benzene rings is 2. The molecule has 0 fully saturated rings. The van der Waals surface area contributed by atoms with Crippen molar-refractivity contribution < 1.29 is 14.3 Å². The first-order chi connectivity index (χ1) is 12.2. The maximum atomic E-state index is 12.1. The third-order valence-corrected chi connectivity index (χ3v) is 4.25. The lowest BCUT2D eigenvalue weighted by Crippen LogP contribution is -2.15. The van der Waals surface area contributed by atoms with Crippen LogP contribution in [0, 0.1) is 6.92 Å². The van der Waals surface area contributed by atoms with Crippen molar-refractivity contribution in [2.45, 2.75) is 58.8 Å². The third-order valence-electron chi connectivity index (χ3n) is 4.25. The van der Waals surface area contributed by atoms with Gasteiger partial charge in [0.2, 0.25) is 0 Å². The number of ether oxygens (including phenoxy) is 2. The van der Waals surface area contributed by atoms with Crippen LogP contribution >= 0.6 is 0 Å². The smallest absolute Gasteiger partial charge is 0.394 e. The molecule has 2 aromatic carbocycles. The minimum absolute atomic E-state index is 0.529. The molecule has 0 aliphatic carbocycles. The molecule has 0 atom stereocenters. The second-order valence-electron chi connectivity index (χ2n) is 6.35. The Morgan fingerprint density at radius 2 is 1.40 bits per heavy atom. The highest BCUT2D eigenvalue weighted by Gasteiger charge is 2.12. The molecule has 0 heterocycles. The molecule has 0 N–H and O–H groups in total. The topological polar surface area (TPSA) is 35.5 Å². The minimum atomic E-state index is -0.690. The standard InChI is InChI=1S/C22H28O3/c1-3-4-5-6-7-8-14-19-15-10-12-17-21(19)25-22(23)24-20-16-11-9-13-18(20)2/h9-13,15-17H,3-8,14H2,1-2H3. The van der Waals surface area contributed by atoms with Crippen LogP contribution in [0.15, 0.2) is 48.5 Å². The van der Waals surface area contributed by atoms with Crippen LogP contribution in [0.2, 0.25) is 0 Å². The zero-order valence-corrected chi connectivity index (χ0v) is 15.3. The van der Waals surface area contributed by atoms with Crippen molar-refractivity contribution in [1.82, 2.24) is 0 Å². The van der Waals surface area contributed by atoms with Gasteiger partial charge in [-0.3, -0.25) is 0 Å². The first-order valence-corrected chi connectivity index (χ1v) is 9.24. The molecule has 2 aromatic rings. The van der Waals surface area contributed by atoms with Gasteiger partial charge in [0, 0.05) is 0 Å². The van der Waals surface area contributed by atoms with E-state index < -0.39 is 6.16 Å². The van der Waals surface area contributed by atoms with Gasteiger partial charge in [0.25, 0.3) is 0 Å². The number of unbranched alkanes of at least 4 members (excludes halogenated alkanes) is 5. The molecule has 0 saturated carbocycles. The number of rotatable bonds is 9. The van der Waals surface area contributed by atoms with Crippen molar-refractivity contribution in [3.8, 4) is 11.5 Å². The number of para-hydroxylation sites is 2. The van der Waals surface area contributed by atoms with Gasteiger partial charge in [-0.1, -0.05) is 75.4 Å². The molecule has 0 aliphatic heterocycles. The van der Waals surface area contributed by atoms with Crippen LogP contribution < -0.4 is 9.47 Å². The molecule has 0 spiro atoms. The molecular formula is C22H28O3. The maximum absolute atomic E-state index is 12.1. The van der Waals surface area contributed by atoms with Gasteiger partial charge >= 0.3 is 6.16 Å². The first-order valence-electron chi connectivity index (χ1n) is 9.24. The Morgan fingerprint density at radius 3 is 2.16 bits per heavy atom. The summed E-state index contributed by atoms with van der Waals surface area (Å²) in [5.74, 6) is 1.12. The highest BCUT2D eigenvalue weighted by atomic mass is 16.7. The van der Waals surface area contributed by atoms with Gasteiger partial charge in [0.05, 0.1) is 0 Å². The summed E-state index contributed by atoms with van der Waals surface area (Å²) in [5, 5.41) is 0. The lowest BCUT2D eigenvalue weighted by atomic mass is 10.0. The normalized spacial score (nSPS) is 10.5. The van der Waals surface area contributed by atoms with Gasteiger partial charge in [0.15, 0.2) is 0 Å². The van der Waals surface area contributed by atoms with E-state index in [2.05, 4.69) is 6.92 Å². The highest BCUT2D eigenvalue weighted by molar-refractivity contribution is 5.68. The van der Waals surface area contributed by atoms with Crippen molar-refractivity contribution in [2.75, 3.05) is 0 Å². The molecule has 0 aliphatic rings. The molecule has 3 heteroatoms. The molecule has 0 bridgehead atoms. The van der Waals surface area contributed by atoms with E-state index in [0.29, 0.717) is 11.5 Å². The van der Waals surface area contributed by atoms with Crippen LogP contribution in [-0.2, 0) is 6.42 Å². The van der Waals surface area contributed by atoms with Crippen LogP contribution in [-0.4, -0.2) is 6.16 Å². The molecule has 3 nitrogen and oxygen atoms in total. The lowest BCUT2D eigenvalue weighted by molar-refractivity contribution is 0.151. The number of carbonyl (C=O) groups is 1. The summed E-state index contributed by atoms with van der Waals surface area (Å²) >= 11 is 0. The monoisotopic (exact) mass is 340 g/mol. The van der Waals surface area contributed by atoms with Gasteiger partial charge < -0.3 is 9.47 Å². The molecule has 0 aromatic heterocycles. The molecule has 2 rings (SSSR count). The number of hydrogen-bond donors (Lipinski definition) is 0. The summed E-state index contributed by atoms with van der Waals surface area (Å²) in [4.78, 5) is 12.1. The number of hydrogen-bond acceptors (Lipinski definition) is 3. The van der Waals surface area contributed by atoms with E-state index in [1.807, 2.05) is 49.4 Å². The van der Waals surface area contributed by atoms with Crippen molar-refractivity contribution in [2.24, 2.45) is 0 Å². The van der Waals surface area contributed by atoms with Gasteiger partial charge in [-0.05, 0) is 43.0 Å². The molecule has 0 saturated heterocycles. The van der Waals surface area contributed by atoms with Crippen LogP contribution in [0.4, 0.5) is 4.79 Å². The Morgan fingerprint density at radius 1 is 0.800 bits per heavy atom. The van der Waals surface area contributed by atoms with Gasteiger partial charge in [0.1, 0.15) is 11.5 Å². The summed E-state index contributed by atoms with van der Waals surface area (Å²) in [6, 6.07) is 15.1. The highest BCUT2D eigenvalue weighted by Crippen LogP contribution is 2.23. The zero-order valence-electron chi connectivity index (χ0n) is 15.3. The van der Waals surface area contributed by atoms with E-state index in [-0.39, 0.29) is 0 Å². The average molecular weight is 340 g/mol. The fraction of sp³-hybridized carbons (Fsp3) is 0.409. The maximum Gasteiger partial charge on any atom is 0.519 e. The van der Waals surface area contributed by atoms with Crippen LogP contribution in [0.1, 0.15) is 56.6 Å². The quantitative estimate of drug-likeness (QED) is 0.298. The van der Waals surface area contributed by atoms with E-state index in [1.54, 1.807) is 6.07 Å². The van der Waals surface area contributed by atoms with Gasteiger partial charge in [-0.2, -0.15) is 0 Å². The third kappa shape index (κ3) is 6.61. The van der Waals surface area contributed by atoms with E-state index in [1.165, 1.54) is 32.1 Å². The number of carbonyl (C=O) groups excluding carboxylic acids is 1. The largest absolute Gasteiger partial charge is 0.519 e. The van der Waals surface area contributed by atoms with E-state index in [0.717, 1.165) is 24.0 Å². The summed E-state index contributed by atoms with van der Waals surface area (Å²) < 4.78 is 10.8. The van der Waals surface area contributed by atoms with Crippen molar-refractivity contribution in [3.05, 3.63) is 59.7 Å². The second kappa shape index (κ2) is 10.5. The summed E-state index contributed by atoms with van der Waals surface area (Å²) in [7, 11) is 0. The Balaban J connectivity index is 1.87. The van der Waals surface area contributed by atoms with Crippen LogP contribution in [0.25, 0.3) is 0 Å². The minimum Gasteiger partial charge on any atom is -0.394 e. The molecule has 25 heavy (non-hydrogen) atoms. The molecule has 0 unspecified atom stereocenters. The van der Waals surface area contributed by atoms with Crippen molar-refractivity contribution >= 4 is 6.16 Å². The Hall–Kier alpha value is -2.29. The molecule has 0 radical (unpaired) electrons. The van der Waals surface area contributed by atoms with Crippen molar-refractivity contribution in [1.29, 1.82) is 0 Å². The molecule has 134 valence electrons. The summed E-state index contributed by atoms with van der Waals surface area (Å²) in [6.07, 6.45) is 7.69. The van der Waals surface area contributed by atoms with E-state index in [4.69, 9.17) is 9.47 Å². The van der Waals surface area contributed by atoms with Crippen molar-refractivity contribution in [3.63, 3.8) is 0 Å². The predicted molar refractivity (Wildman–Crippen MR) is 101 cm³/mol. The Labute approximate surface area is 151 Å². The first kappa shape index (κ1) is 19.0. The molecular weight excluding hydrogens is 312 g/mol. The van der Waals surface area contributed by atoms with Crippen LogP contribution in [0.3, 0.4) is 0 Å². The number of aryl methyl sites for hydroxylation is 2. The SMILES string of the molecule is CCCCCCCCc1ccccc1OC(=O)Oc1ccccc1C. The summed E-state index contributed by atoms with van der Waals surface area (Å²) in [5.41, 5.74) is 1.96. The zero-order chi connectivity index (χ0) is 17.9.